The number of ether oxygens (including phenoxy) is 1. The van der Waals surface area contributed by atoms with Gasteiger partial charge in [0.2, 0.25) is 0 Å². The van der Waals surface area contributed by atoms with Crippen LogP contribution in [0.15, 0.2) is 12.4 Å². The van der Waals surface area contributed by atoms with Gasteiger partial charge in [0.25, 0.3) is 0 Å². The van der Waals surface area contributed by atoms with Gasteiger partial charge in [0.1, 0.15) is 0 Å². The van der Waals surface area contributed by atoms with Crippen LogP contribution in [0.25, 0.3) is 0 Å². The number of nitrogens with one attached hydrogen (secondary N) is 1. The molecule has 16 heavy (non-hydrogen) atoms. The molecule has 88 valence electrons. The van der Waals surface area contributed by atoms with E-state index in [1.54, 1.807) is 7.11 Å². The molecule has 1 aliphatic carbocycles. The van der Waals surface area contributed by atoms with Crippen LogP contribution in [0, 0.1) is 0 Å². The Hall–Kier alpha value is -1.00. The molecule has 4 heteroatoms. The van der Waals surface area contributed by atoms with Crippen LogP contribution in [-0.4, -0.2) is 29.7 Å². The molecule has 1 aliphatic rings. The van der Waals surface area contributed by atoms with Gasteiger partial charge in [-0.15, -0.1) is 0 Å². The molecule has 1 atom stereocenters. The van der Waals surface area contributed by atoms with E-state index in [0.717, 1.165) is 17.9 Å². The van der Waals surface area contributed by atoms with Crippen LogP contribution in [-0.2, 0) is 11.3 Å². The average molecular weight is 221 g/mol. The van der Waals surface area contributed by atoms with Crippen LogP contribution < -0.4 is 5.32 Å². The predicted molar refractivity (Wildman–Crippen MR) is 62.2 cm³/mol. The molecule has 1 saturated carbocycles. The van der Waals surface area contributed by atoms with Crippen molar-refractivity contribution in [2.75, 3.05) is 13.7 Å². The van der Waals surface area contributed by atoms with E-state index >= 15 is 0 Å². The predicted octanol–water partition coefficient (Wildman–Crippen LogP) is 1.48. The Morgan fingerprint density at radius 1 is 1.44 bits per heavy atom. The Labute approximate surface area is 96.4 Å². The summed E-state index contributed by atoms with van der Waals surface area (Å²) in [6.07, 6.45) is 6.34. The highest BCUT2D eigenvalue weighted by atomic mass is 16.5. The fraction of sp³-hybridized carbons (Fsp3) is 0.667. The molecule has 4 nitrogen and oxygen atoms in total. The van der Waals surface area contributed by atoms with E-state index in [9.17, 15) is 0 Å². The first-order valence-corrected chi connectivity index (χ1v) is 5.82. The summed E-state index contributed by atoms with van der Waals surface area (Å²) in [6.45, 7) is 3.56. The summed E-state index contributed by atoms with van der Waals surface area (Å²) >= 11 is 0. The molecule has 1 fully saturated rings. The van der Waals surface area contributed by atoms with Crippen LogP contribution in [0.1, 0.15) is 37.1 Å². The summed E-state index contributed by atoms with van der Waals surface area (Å²) in [5.74, 6) is 0.682. The fourth-order valence-electron chi connectivity index (χ4n) is 1.63. The van der Waals surface area contributed by atoms with Crippen molar-refractivity contribution in [1.82, 2.24) is 15.3 Å². The Morgan fingerprint density at radius 3 is 2.81 bits per heavy atom. The molecular formula is C12H19N3O. The molecule has 1 N–H and O–H groups in total. The van der Waals surface area contributed by atoms with E-state index in [0.29, 0.717) is 18.6 Å². The van der Waals surface area contributed by atoms with Crippen molar-refractivity contribution < 1.29 is 4.74 Å². The maximum atomic E-state index is 5.05. The summed E-state index contributed by atoms with van der Waals surface area (Å²) in [4.78, 5) is 8.84. The lowest BCUT2D eigenvalue weighted by molar-refractivity contribution is 0.171. The molecule has 2 rings (SSSR count). The van der Waals surface area contributed by atoms with Crippen molar-refractivity contribution in [1.29, 1.82) is 0 Å². The molecule has 0 saturated heterocycles. The van der Waals surface area contributed by atoms with Crippen molar-refractivity contribution in [3.63, 3.8) is 0 Å². The number of methoxy groups -OCH3 is 1. The van der Waals surface area contributed by atoms with Crippen molar-refractivity contribution >= 4 is 0 Å². The maximum absolute atomic E-state index is 5.05. The summed E-state index contributed by atoms with van der Waals surface area (Å²) in [7, 11) is 1.71. The zero-order chi connectivity index (χ0) is 11.4. The SMILES string of the molecule is COC[C@@H](C)NCc1cnc(C2CC2)cn1. The van der Waals surface area contributed by atoms with Gasteiger partial charge in [0.05, 0.1) is 24.2 Å². The van der Waals surface area contributed by atoms with Gasteiger partial charge in [-0.3, -0.25) is 9.97 Å². The first-order chi connectivity index (χ1) is 7.79. The number of nitrogens with zero attached hydrogens (tertiary/aromatic N) is 2. The monoisotopic (exact) mass is 221 g/mol. The Kier molecular flexibility index (Phi) is 3.85. The van der Waals surface area contributed by atoms with Crippen molar-refractivity contribution in [3.05, 3.63) is 23.8 Å². The molecule has 0 aromatic carbocycles. The zero-order valence-electron chi connectivity index (χ0n) is 9.94. The van der Waals surface area contributed by atoms with Gasteiger partial charge < -0.3 is 10.1 Å². The number of rotatable bonds is 6. The first-order valence-electron chi connectivity index (χ1n) is 5.82. The quantitative estimate of drug-likeness (QED) is 0.790. The minimum absolute atomic E-state index is 0.343. The van der Waals surface area contributed by atoms with E-state index in [1.165, 1.54) is 12.8 Å². The normalized spacial score (nSPS) is 17.4. The van der Waals surface area contributed by atoms with Crippen LogP contribution in [0.3, 0.4) is 0 Å². The fourth-order valence-corrected chi connectivity index (χ4v) is 1.63. The second-order valence-corrected chi connectivity index (χ2v) is 4.44. The maximum Gasteiger partial charge on any atom is 0.0724 e. The van der Waals surface area contributed by atoms with Gasteiger partial charge in [-0.05, 0) is 19.8 Å². The van der Waals surface area contributed by atoms with Crippen LogP contribution in [0.5, 0.6) is 0 Å². The topological polar surface area (TPSA) is 47.0 Å². The highest BCUT2D eigenvalue weighted by Gasteiger charge is 2.24. The Balaban J connectivity index is 1.80. The smallest absolute Gasteiger partial charge is 0.0724 e. The summed E-state index contributed by atoms with van der Waals surface area (Å²) in [5.41, 5.74) is 2.14. The lowest BCUT2D eigenvalue weighted by Crippen LogP contribution is -2.29. The third kappa shape index (κ3) is 3.25. The van der Waals surface area contributed by atoms with Crippen LogP contribution in [0.2, 0.25) is 0 Å². The number of hydrogen-bond acceptors (Lipinski definition) is 4. The molecule has 0 radical (unpaired) electrons. The number of aromatic nitrogens is 2. The van der Waals surface area contributed by atoms with Gasteiger partial charge >= 0.3 is 0 Å². The summed E-state index contributed by atoms with van der Waals surface area (Å²) in [6, 6.07) is 0.343. The minimum Gasteiger partial charge on any atom is -0.383 e. The molecule has 0 unspecified atom stereocenters. The zero-order valence-corrected chi connectivity index (χ0v) is 9.94. The van der Waals surface area contributed by atoms with Crippen molar-refractivity contribution in [2.45, 2.75) is 38.3 Å². The molecule has 0 aliphatic heterocycles. The lowest BCUT2D eigenvalue weighted by Gasteiger charge is -2.11. The van der Waals surface area contributed by atoms with Gasteiger partial charge in [-0.2, -0.15) is 0 Å². The van der Waals surface area contributed by atoms with E-state index < -0.39 is 0 Å². The van der Waals surface area contributed by atoms with E-state index in [2.05, 4.69) is 22.2 Å². The molecule has 0 amide bonds. The second kappa shape index (κ2) is 5.37. The van der Waals surface area contributed by atoms with Gasteiger partial charge in [0, 0.05) is 31.8 Å². The third-order valence-electron chi connectivity index (χ3n) is 2.77. The molecule has 0 bridgehead atoms. The summed E-state index contributed by atoms with van der Waals surface area (Å²) < 4.78 is 5.05. The number of hydrogen-bond donors (Lipinski definition) is 1. The first kappa shape index (κ1) is 11.5. The highest BCUT2D eigenvalue weighted by Crippen LogP contribution is 2.38. The van der Waals surface area contributed by atoms with Crippen molar-refractivity contribution in [3.8, 4) is 0 Å². The van der Waals surface area contributed by atoms with Gasteiger partial charge in [-0.25, -0.2) is 0 Å². The van der Waals surface area contributed by atoms with E-state index in [-0.39, 0.29) is 0 Å². The highest BCUT2D eigenvalue weighted by molar-refractivity contribution is 5.12. The van der Waals surface area contributed by atoms with Gasteiger partial charge in [-0.1, -0.05) is 0 Å². The van der Waals surface area contributed by atoms with E-state index in [4.69, 9.17) is 4.74 Å². The molecular weight excluding hydrogens is 202 g/mol. The summed E-state index contributed by atoms with van der Waals surface area (Å²) in [5, 5.41) is 3.34. The Morgan fingerprint density at radius 2 is 2.25 bits per heavy atom. The van der Waals surface area contributed by atoms with Crippen LogP contribution >= 0.6 is 0 Å². The molecule has 1 heterocycles. The third-order valence-corrected chi connectivity index (χ3v) is 2.77. The molecule has 0 spiro atoms. The second-order valence-electron chi connectivity index (χ2n) is 4.44. The standard InChI is InChI=1S/C12H19N3O/c1-9(8-16-2)13-5-11-6-15-12(7-14-11)10-3-4-10/h6-7,9-10,13H,3-5,8H2,1-2H3/t9-/m1/s1. The lowest BCUT2D eigenvalue weighted by atomic mass is 10.3. The average Bonchev–Trinajstić information content (AvgIpc) is 3.11. The van der Waals surface area contributed by atoms with Crippen LogP contribution in [0.4, 0.5) is 0 Å². The largest absolute Gasteiger partial charge is 0.383 e. The molecule has 1 aromatic rings. The Bertz CT molecular complexity index is 322. The van der Waals surface area contributed by atoms with Gasteiger partial charge in [0.15, 0.2) is 0 Å². The van der Waals surface area contributed by atoms with Crippen molar-refractivity contribution in [2.24, 2.45) is 0 Å². The van der Waals surface area contributed by atoms with E-state index in [1.807, 2.05) is 12.4 Å². The minimum atomic E-state index is 0.343. The molecule has 1 aromatic heterocycles.